The third kappa shape index (κ3) is 4.51. The molecule has 0 aliphatic carbocycles. The van der Waals surface area contributed by atoms with Gasteiger partial charge in [-0.1, -0.05) is 5.16 Å². The van der Waals surface area contributed by atoms with Gasteiger partial charge in [-0.2, -0.15) is 0 Å². The van der Waals surface area contributed by atoms with Crippen molar-refractivity contribution in [3.63, 3.8) is 0 Å². The van der Waals surface area contributed by atoms with Crippen molar-refractivity contribution < 1.29 is 14.3 Å². The predicted octanol–water partition coefficient (Wildman–Crippen LogP) is 4.56. The fourth-order valence-corrected chi connectivity index (χ4v) is 2.16. The van der Waals surface area contributed by atoms with E-state index in [4.69, 9.17) is 4.84 Å². The highest BCUT2D eigenvalue weighted by Gasteiger charge is 2.18. The van der Waals surface area contributed by atoms with E-state index < -0.39 is 5.60 Å². The Hall–Kier alpha value is -1.95. The normalized spacial score (nSPS) is 12.3. The third-order valence-electron chi connectivity index (χ3n) is 2.84. The zero-order valence-corrected chi connectivity index (χ0v) is 15.0. The third-order valence-corrected chi connectivity index (χ3v) is 3.45. The lowest BCUT2D eigenvalue weighted by molar-refractivity contribution is 0.00111. The van der Waals surface area contributed by atoms with Gasteiger partial charge < -0.3 is 9.94 Å². The van der Waals surface area contributed by atoms with E-state index in [1.54, 1.807) is 24.3 Å². The topological polar surface area (TPSA) is 54.7 Å². The van der Waals surface area contributed by atoms with Gasteiger partial charge in [0, 0.05) is 11.3 Å². The first-order valence-corrected chi connectivity index (χ1v) is 7.85. The maximum Gasteiger partial charge on any atom is 0.143 e. The lowest BCUT2D eigenvalue weighted by Gasteiger charge is -2.17. The molecule has 0 spiro atoms. The summed E-state index contributed by atoms with van der Waals surface area (Å²) < 4.78 is 13.8. The van der Waals surface area contributed by atoms with Crippen molar-refractivity contribution in [1.82, 2.24) is 4.98 Å². The molecule has 1 N–H and O–H groups in total. The standard InChI is InChI=1S/C17H18BrFN2O2/c1-10-5-8-14(22)16(20-10)15(21-23-17(2,3)4)11-6-7-13(19)12(18)9-11/h5-9,22H,1-4H3/b21-15+. The van der Waals surface area contributed by atoms with Crippen molar-refractivity contribution in [2.24, 2.45) is 5.16 Å². The van der Waals surface area contributed by atoms with Gasteiger partial charge in [0.25, 0.3) is 0 Å². The molecule has 1 aromatic heterocycles. The summed E-state index contributed by atoms with van der Waals surface area (Å²) in [7, 11) is 0. The van der Waals surface area contributed by atoms with Gasteiger partial charge in [0.2, 0.25) is 0 Å². The van der Waals surface area contributed by atoms with Crippen molar-refractivity contribution in [2.75, 3.05) is 0 Å². The fourth-order valence-electron chi connectivity index (χ4n) is 1.78. The average molecular weight is 381 g/mol. The van der Waals surface area contributed by atoms with E-state index in [2.05, 4.69) is 26.1 Å². The van der Waals surface area contributed by atoms with Crippen molar-refractivity contribution in [3.05, 3.63) is 57.6 Å². The molecule has 1 heterocycles. The highest BCUT2D eigenvalue weighted by Crippen LogP contribution is 2.24. The lowest BCUT2D eigenvalue weighted by atomic mass is 10.1. The molecule has 0 unspecified atom stereocenters. The van der Waals surface area contributed by atoms with Crippen molar-refractivity contribution in [3.8, 4) is 5.75 Å². The van der Waals surface area contributed by atoms with Crippen LogP contribution in [0.15, 0.2) is 40.0 Å². The Labute approximate surface area is 143 Å². The molecule has 0 aliphatic rings. The Morgan fingerprint density at radius 2 is 1.96 bits per heavy atom. The molecule has 0 saturated heterocycles. The number of aryl methyl sites for hydroxylation is 1. The Balaban J connectivity index is 2.60. The monoisotopic (exact) mass is 380 g/mol. The summed E-state index contributed by atoms with van der Waals surface area (Å²) in [5.41, 5.74) is 1.41. The summed E-state index contributed by atoms with van der Waals surface area (Å²) in [6, 6.07) is 7.70. The zero-order chi connectivity index (χ0) is 17.2. The molecule has 0 saturated carbocycles. The average Bonchev–Trinajstić information content (AvgIpc) is 2.45. The molecular formula is C17H18BrFN2O2. The van der Waals surface area contributed by atoms with Crippen LogP contribution in [-0.4, -0.2) is 21.4 Å². The minimum atomic E-state index is -0.512. The number of oxime groups is 1. The summed E-state index contributed by atoms with van der Waals surface area (Å²) in [5, 5.41) is 14.3. The second-order valence-electron chi connectivity index (χ2n) is 6.09. The van der Waals surface area contributed by atoms with E-state index >= 15 is 0 Å². The highest BCUT2D eigenvalue weighted by atomic mass is 79.9. The number of halogens is 2. The number of hydrogen-bond acceptors (Lipinski definition) is 4. The van der Waals surface area contributed by atoms with Crippen molar-refractivity contribution in [2.45, 2.75) is 33.3 Å². The maximum atomic E-state index is 13.5. The Morgan fingerprint density at radius 3 is 2.57 bits per heavy atom. The quantitative estimate of drug-likeness (QED) is 0.626. The second-order valence-corrected chi connectivity index (χ2v) is 6.95. The van der Waals surface area contributed by atoms with Crippen LogP contribution in [0.5, 0.6) is 5.75 Å². The summed E-state index contributed by atoms with van der Waals surface area (Å²) >= 11 is 3.16. The smallest absolute Gasteiger partial charge is 0.143 e. The Morgan fingerprint density at radius 1 is 1.26 bits per heavy atom. The fraction of sp³-hybridized carbons (Fsp3) is 0.294. The molecule has 0 atom stereocenters. The molecule has 122 valence electrons. The van der Waals surface area contributed by atoms with E-state index in [9.17, 15) is 9.50 Å². The first-order valence-electron chi connectivity index (χ1n) is 7.06. The van der Waals surface area contributed by atoms with E-state index in [1.165, 1.54) is 6.07 Å². The molecule has 23 heavy (non-hydrogen) atoms. The van der Waals surface area contributed by atoms with Crippen LogP contribution < -0.4 is 0 Å². The molecular weight excluding hydrogens is 363 g/mol. The summed E-state index contributed by atoms with van der Waals surface area (Å²) in [6.45, 7) is 7.39. The van der Waals surface area contributed by atoms with Gasteiger partial charge >= 0.3 is 0 Å². The molecule has 1 aromatic carbocycles. The van der Waals surface area contributed by atoms with Crippen LogP contribution in [0.4, 0.5) is 4.39 Å². The predicted molar refractivity (Wildman–Crippen MR) is 91.2 cm³/mol. The van der Waals surface area contributed by atoms with Crippen LogP contribution in [0.3, 0.4) is 0 Å². The van der Waals surface area contributed by atoms with Crippen LogP contribution in [0.2, 0.25) is 0 Å². The molecule has 0 aliphatic heterocycles. The zero-order valence-electron chi connectivity index (χ0n) is 13.4. The number of hydrogen-bond donors (Lipinski definition) is 1. The van der Waals surface area contributed by atoms with E-state index in [0.717, 1.165) is 5.69 Å². The molecule has 0 amide bonds. The number of pyridine rings is 1. The summed E-state index contributed by atoms with van der Waals surface area (Å²) in [5.74, 6) is -0.404. The van der Waals surface area contributed by atoms with Crippen LogP contribution in [-0.2, 0) is 4.84 Å². The van der Waals surface area contributed by atoms with Gasteiger partial charge in [0.15, 0.2) is 0 Å². The van der Waals surface area contributed by atoms with Gasteiger partial charge in [0.1, 0.15) is 28.6 Å². The van der Waals surface area contributed by atoms with Gasteiger partial charge in [0.05, 0.1) is 4.47 Å². The number of aromatic hydroxyl groups is 1. The Bertz CT molecular complexity index is 755. The minimum Gasteiger partial charge on any atom is -0.506 e. The number of benzene rings is 1. The molecule has 6 heteroatoms. The molecule has 2 rings (SSSR count). The van der Waals surface area contributed by atoms with Crippen molar-refractivity contribution in [1.29, 1.82) is 0 Å². The molecule has 0 fully saturated rings. The minimum absolute atomic E-state index is 0.0210. The first kappa shape index (κ1) is 17.4. The summed E-state index contributed by atoms with van der Waals surface area (Å²) in [6.07, 6.45) is 0. The van der Waals surface area contributed by atoms with Gasteiger partial charge in [-0.3, -0.25) is 0 Å². The van der Waals surface area contributed by atoms with Crippen molar-refractivity contribution >= 4 is 21.6 Å². The van der Waals surface area contributed by atoms with E-state index in [1.807, 2.05) is 27.7 Å². The highest BCUT2D eigenvalue weighted by molar-refractivity contribution is 9.10. The largest absolute Gasteiger partial charge is 0.506 e. The number of aromatic nitrogens is 1. The maximum absolute atomic E-state index is 13.5. The molecule has 0 bridgehead atoms. The second kappa shape index (κ2) is 6.66. The van der Waals surface area contributed by atoms with Gasteiger partial charge in [-0.05, 0) is 74.0 Å². The Kier molecular flexibility index (Phi) is 5.04. The van der Waals surface area contributed by atoms with E-state index in [0.29, 0.717) is 15.7 Å². The number of rotatable bonds is 3. The van der Waals surface area contributed by atoms with Crippen LogP contribution in [0.25, 0.3) is 0 Å². The number of nitrogens with zero attached hydrogens (tertiary/aromatic N) is 2. The van der Waals surface area contributed by atoms with E-state index in [-0.39, 0.29) is 17.3 Å². The van der Waals surface area contributed by atoms with Crippen LogP contribution >= 0.6 is 15.9 Å². The van der Waals surface area contributed by atoms with Gasteiger partial charge in [-0.25, -0.2) is 9.37 Å². The summed E-state index contributed by atoms with van der Waals surface area (Å²) in [4.78, 5) is 9.83. The van der Waals surface area contributed by atoms with Crippen LogP contribution in [0.1, 0.15) is 37.7 Å². The molecule has 2 aromatic rings. The SMILES string of the molecule is Cc1ccc(O)c(/C(=N/OC(C)(C)C)c2ccc(F)c(Br)c2)n1. The lowest BCUT2D eigenvalue weighted by Crippen LogP contribution is -2.18. The molecule has 4 nitrogen and oxygen atoms in total. The first-order chi connectivity index (χ1) is 10.7. The van der Waals surface area contributed by atoms with Gasteiger partial charge in [-0.15, -0.1) is 0 Å². The molecule has 0 radical (unpaired) electrons. The van der Waals surface area contributed by atoms with Crippen LogP contribution in [0, 0.1) is 12.7 Å².